The predicted molar refractivity (Wildman–Crippen MR) is 132 cm³/mol. The van der Waals surface area contributed by atoms with Crippen LogP contribution in [0.4, 0.5) is 5.95 Å². The summed E-state index contributed by atoms with van der Waals surface area (Å²) < 4.78 is 0.765. The van der Waals surface area contributed by atoms with Gasteiger partial charge in [0.15, 0.2) is 5.78 Å². The molecule has 1 N–H and O–H groups in total. The van der Waals surface area contributed by atoms with Crippen LogP contribution < -0.4 is 5.32 Å². The van der Waals surface area contributed by atoms with E-state index in [-0.39, 0.29) is 29.3 Å². The highest BCUT2D eigenvalue weighted by atomic mass is 32.2. The molecule has 0 radical (unpaired) electrons. The number of nitrogens with zero attached hydrogens (tertiary/aromatic N) is 3. The minimum atomic E-state index is -0.197. The Labute approximate surface area is 198 Å². The summed E-state index contributed by atoms with van der Waals surface area (Å²) in [5, 5.41) is 2.77. The molecule has 32 heavy (non-hydrogen) atoms. The van der Waals surface area contributed by atoms with E-state index in [1.165, 1.54) is 24.4 Å². The molecule has 0 bridgehead atoms. The molecule has 0 saturated carbocycles. The fourth-order valence-electron chi connectivity index (χ4n) is 4.66. The maximum Gasteiger partial charge on any atom is 0.237 e. The van der Waals surface area contributed by atoms with Gasteiger partial charge < -0.3 is 4.90 Å². The van der Waals surface area contributed by atoms with Gasteiger partial charge in [0.05, 0.1) is 17.0 Å². The number of aromatic nitrogens is 2. The Morgan fingerprint density at radius 1 is 1.19 bits per heavy atom. The number of thiocarbonyl (C=S) groups is 1. The van der Waals surface area contributed by atoms with Crippen LogP contribution in [0, 0.1) is 11.8 Å². The van der Waals surface area contributed by atoms with Crippen LogP contribution in [0.5, 0.6) is 0 Å². The topological polar surface area (TPSA) is 75.2 Å². The minimum absolute atomic E-state index is 0.0453. The van der Waals surface area contributed by atoms with Gasteiger partial charge in [0, 0.05) is 25.7 Å². The van der Waals surface area contributed by atoms with Gasteiger partial charge in [0.1, 0.15) is 4.32 Å². The van der Waals surface area contributed by atoms with Gasteiger partial charge in [-0.25, -0.2) is 9.97 Å². The van der Waals surface area contributed by atoms with Crippen molar-refractivity contribution in [2.45, 2.75) is 39.0 Å². The first kappa shape index (κ1) is 22.9. The number of fused-ring (bicyclic) bond motifs is 1. The van der Waals surface area contributed by atoms with Crippen molar-refractivity contribution in [3.63, 3.8) is 0 Å². The molecule has 1 aliphatic heterocycles. The second kappa shape index (κ2) is 10.1. The number of Topliss-reactive ketones (excluding diaryl/α,β-unsaturated/α-hetero) is 1. The van der Waals surface area contributed by atoms with Crippen molar-refractivity contribution in [1.82, 2.24) is 14.9 Å². The molecule has 2 heterocycles. The highest BCUT2D eigenvalue weighted by Gasteiger charge is 2.28. The van der Waals surface area contributed by atoms with Crippen LogP contribution in [0.3, 0.4) is 0 Å². The van der Waals surface area contributed by atoms with Gasteiger partial charge in [-0.15, -0.1) is 0 Å². The Morgan fingerprint density at radius 2 is 1.91 bits per heavy atom. The number of ketones is 1. The van der Waals surface area contributed by atoms with Crippen LogP contribution in [-0.4, -0.2) is 49.7 Å². The van der Waals surface area contributed by atoms with Crippen molar-refractivity contribution in [3.8, 4) is 0 Å². The number of carbonyl (C=O) groups is 2. The first-order chi connectivity index (χ1) is 15.4. The van der Waals surface area contributed by atoms with E-state index >= 15 is 0 Å². The van der Waals surface area contributed by atoms with Crippen molar-refractivity contribution < 1.29 is 9.59 Å². The van der Waals surface area contributed by atoms with Crippen LogP contribution in [-0.2, 0) is 11.2 Å². The monoisotopic (exact) mass is 468 g/mol. The van der Waals surface area contributed by atoms with Crippen molar-refractivity contribution >= 4 is 45.9 Å². The van der Waals surface area contributed by atoms with Crippen LogP contribution in [0.25, 0.3) is 0 Å². The maximum atomic E-state index is 12.6. The average molecular weight is 469 g/mol. The normalized spacial score (nSPS) is 22.9. The largest absolute Gasteiger partial charge is 0.357 e. The van der Waals surface area contributed by atoms with Crippen molar-refractivity contribution in [1.29, 1.82) is 0 Å². The smallest absolute Gasteiger partial charge is 0.237 e. The number of piperidine rings is 1. The summed E-state index contributed by atoms with van der Waals surface area (Å²) in [4.78, 5) is 36.0. The quantitative estimate of drug-likeness (QED) is 0.670. The Bertz CT molecular complexity index is 1000. The molecule has 1 amide bonds. The molecule has 4 rings (SSSR count). The number of likely N-dealkylation sites (tertiary alicyclic amines) is 1. The number of rotatable bonds is 4. The van der Waals surface area contributed by atoms with E-state index < -0.39 is 0 Å². The number of amides is 1. The van der Waals surface area contributed by atoms with Gasteiger partial charge >= 0.3 is 0 Å². The SMILES string of the molecule is C[C@@H]1C[C@@H](C)CN(C(=S)SCC(=O)Nc2ncc3c(n2)C[C@@H](c2ccccc2)CC3=O)C1. The molecule has 1 fully saturated rings. The molecule has 0 spiro atoms. The van der Waals surface area contributed by atoms with Crippen LogP contribution in [0.15, 0.2) is 36.5 Å². The fraction of sp³-hybridized carbons (Fsp3) is 0.458. The summed E-state index contributed by atoms with van der Waals surface area (Å²) in [6.07, 6.45) is 3.86. The summed E-state index contributed by atoms with van der Waals surface area (Å²) in [7, 11) is 0. The predicted octanol–water partition coefficient (Wildman–Crippen LogP) is 4.32. The Hall–Kier alpha value is -2.32. The van der Waals surface area contributed by atoms with E-state index in [2.05, 4.69) is 34.0 Å². The molecule has 1 aromatic heterocycles. The molecule has 3 atom stereocenters. The van der Waals surface area contributed by atoms with Crippen LogP contribution in [0.1, 0.15) is 54.2 Å². The van der Waals surface area contributed by atoms with Crippen LogP contribution >= 0.6 is 24.0 Å². The zero-order chi connectivity index (χ0) is 22.7. The first-order valence-electron chi connectivity index (χ1n) is 11.0. The summed E-state index contributed by atoms with van der Waals surface area (Å²) in [5.74, 6) is 1.61. The molecular weight excluding hydrogens is 440 g/mol. The summed E-state index contributed by atoms with van der Waals surface area (Å²) in [6, 6.07) is 10.0. The molecule has 8 heteroatoms. The number of hydrogen-bond acceptors (Lipinski definition) is 6. The zero-order valence-corrected chi connectivity index (χ0v) is 20.0. The lowest BCUT2D eigenvalue weighted by atomic mass is 9.82. The second-order valence-electron chi connectivity index (χ2n) is 8.95. The lowest BCUT2D eigenvalue weighted by Gasteiger charge is -2.36. The maximum absolute atomic E-state index is 12.6. The van der Waals surface area contributed by atoms with Gasteiger partial charge in [-0.05, 0) is 36.2 Å². The van der Waals surface area contributed by atoms with Crippen molar-refractivity contribution in [3.05, 3.63) is 53.3 Å². The van der Waals surface area contributed by atoms with E-state index in [9.17, 15) is 9.59 Å². The highest BCUT2D eigenvalue weighted by Crippen LogP contribution is 2.32. The second-order valence-corrected chi connectivity index (χ2v) is 10.6. The molecule has 1 saturated heterocycles. The number of thioether (sulfide) groups is 1. The Balaban J connectivity index is 1.35. The average Bonchev–Trinajstić information content (AvgIpc) is 2.77. The molecular formula is C24H28N4O2S2. The van der Waals surface area contributed by atoms with E-state index in [1.807, 2.05) is 30.3 Å². The molecule has 6 nitrogen and oxygen atoms in total. The number of carbonyl (C=O) groups excluding carboxylic acids is 2. The van der Waals surface area contributed by atoms with Gasteiger partial charge in [-0.1, -0.05) is 68.2 Å². The zero-order valence-electron chi connectivity index (χ0n) is 18.4. The Morgan fingerprint density at radius 3 is 2.62 bits per heavy atom. The molecule has 2 aromatic rings. The summed E-state index contributed by atoms with van der Waals surface area (Å²) >= 11 is 6.93. The molecule has 1 aromatic carbocycles. The third-order valence-corrected chi connectivity index (χ3v) is 7.54. The third kappa shape index (κ3) is 5.53. The molecule has 2 aliphatic rings. The van der Waals surface area contributed by atoms with Crippen molar-refractivity contribution in [2.75, 3.05) is 24.2 Å². The van der Waals surface area contributed by atoms with E-state index in [1.54, 1.807) is 0 Å². The van der Waals surface area contributed by atoms with E-state index in [0.29, 0.717) is 35.9 Å². The first-order valence-corrected chi connectivity index (χ1v) is 12.4. The Kier molecular flexibility index (Phi) is 7.20. The minimum Gasteiger partial charge on any atom is -0.357 e. The number of nitrogens with one attached hydrogen (secondary N) is 1. The molecule has 0 unspecified atom stereocenters. The van der Waals surface area contributed by atoms with Gasteiger partial charge in [-0.3, -0.25) is 14.9 Å². The van der Waals surface area contributed by atoms with Crippen LogP contribution in [0.2, 0.25) is 0 Å². The van der Waals surface area contributed by atoms with Gasteiger partial charge in [-0.2, -0.15) is 0 Å². The summed E-state index contributed by atoms with van der Waals surface area (Å²) in [5.41, 5.74) is 2.38. The summed E-state index contributed by atoms with van der Waals surface area (Å²) in [6.45, 7) is 6.37. The van der Waals surface area contributed by atoms with Crippen molar-refractivity contribution in [2.24, 2.45) is 11.8 Å². The highest BCUT2D eigenvalue weighted by molar-refractivity contribution is 8.23. The van der Waals surface area contributed by atoms with Gasteiger partial charge in [0.25, 0.3) is 0 Å². The molecule has 1 aliphatic carbocycles. The number of benzene rings is 1. The lowest BCUT2D eigenvalue weighted by molar-refractivity contribution is -0.113. The van der Waals surface area contributed by atoms with E-state index in [4.69, 9.17) is 12.2 Å². The number of anilines is 1. The standard InChI is InChI=1S/C24H28N4O2S2/c1-15-8-16(2)13-28(12-15)24(31)32-14-22(30)27-23-25-11-19-20(26-23)9-18(10-21(19)29)17-6-4-3-5-7-17/h3-7,11,15-16,18H,8-10,12-14H2,1-2H3,(H,25,26,27,30)/t15-,16-,18-/m1/s1. The molecule has 168 valence electrons. The van der Waals surface area contributed by atoms with Gasteiger partial charge in [0.2, 0.25) is 11.9 Å². The van der Waals surface area contributed by atoms with E-state index in [0.717, 1.165) is 23.0 Å². The third-order valence-electron chi connectivity index (χ3n) is 6.02. The fourth-order valence-corrected chi connectivity index (χ4v) is 5.64. The lowest BCUT2D eigenvalue weighted by Crippen LogP contribution is -2.41. The number of hydrogen-bond donors (Lipinski definition) is 1.